The van der Waals surface area contributed by atoms with Crippen LogP contribution in [0.15, 0.2) is 30.5 Å². The molecule has 27 heavy (non-hydrogen) atoms. The molecule has 1 aromatic carbocycles. The molecule has 2 heterocycles. The third-order valence-corrected chi connectivity index (χ3v) is 4.96. The number of hydrogen-bond donors (Lipinski definition) is 2. The molecule has 2 aromatic rings. The number of aromatic nitrogens is 2. The number of nitrogens with zero attached hydrogens (tertiary/aromatic N) is 3. The Labute approximate surface area is 159 Å². The van der Waals surface area contributed by atoms with Crippen LogP contribution in [0.2, 0.25) is 0 Å². The van der Waals surface area contributed by atoms with E-state index in [-0.39, 0.29) is 23.3 Å². The van der Waals surface area contributed by atoms with E-state index in [1.165, 1.54) is 31.2 Å². The maximum absolute atomic E-state index is 13.3. The molecular formula is C20H26FN5O. The first-order valence-corrected chi connectivity index (χ1v) is 9.39. The van der Waals surface area contributed by atoms with Crippen molar-refractivity contribution in [1.29, 1.82) is 0 Å². The number of benzene rings is 1. The van der Waals surface area contributed by atoms with Crippen LogP contribution < -0.4 is 10.6 Å². The Morgan fingerprint density at radius 1 is 1.26 bits per heavy atom. The SMILES string of the molecule is CNC(=O)c1cnc(NCCN2CCCC2)c(C(C)c2ccc(F)cc2)n1. The summed E-state index contributed by atoms with van der Waals surface area (Å²) in [5.41, 5.74) is 1.87. The van der Waals surface area contributed by atoms with Crippen LogP contribution in [-0.4, -0.2) is 54.0 Å². The van der Waals surface area contributed by atoms with Gasteiger partial charge < -0.3 is 15.5 Å². The van der Waals surface area contributed by atoms with Gasteiger partial charge in [-0.05, 0) is 43.6 Å². The zero-order valence-corrected chi connectivity index (χ0v) is 15.8. The Balaban J connectivity index is 1.82. The number of likely N-dealkylation sites (tertiary alicyclic amines) is 1. The van der Waals surface area contributed by atoms with Crippen LogP contribution in [0.1, 0.15) is 47.4 Å². The Morgan fingerprint density at radius 2 is 1.96 bits per heavy atom. The molecule has 1 fully saturated rings. The Bertz CT molecular complexity index is 774. The molecule has 0 bridgehead atoms. The molecule has 6 nitrogen and oxygen atoms in total. The molecule has 1 aromatic heterocycles. The molecule has 0 aliphatic carbocycles. The quantitative estimate of drug-likeness (QED) is 0.783. The number of carbonyl (C=O) groups is 1. The predicted molar refractivity (Wildman–Crippen MR) is 104 cm³/mol. The van der Waals surface area contributed by atoms with Crippen LogP contribution in [0.25, 0.3) is 0 Å². The minimum atomic E-state index is -0.279. The summed E-state index contributed by atoms with van der Waals surface area (Å²) in [6, 6.07) is 6.34. The Hall–Kier alpha value is -2.54. The first-order valence-electron chi connectivity index (χ1n) is 9.39. The predicted octanol–water partition coefficient (Wildman–Crippen LogP) is 2.63. The number of halogens is 1. The van der Waals surface area contributed by atoms with Crippen molar-refractivity contribution < 1.29 is 9.18 Å². The normalized spacial score (nSPS) is 15.5. The highest BCUT2D eigenvalue weighted by molar-refractivity contribution is 5.91. The van der Waals surface area contributed by atoms with Crippen LogP contribution >= 0.6 is 0 Å². The zero-order chi connectivity index (χ0) is 19.2. The third-order valence-electron chi connectivity index (χ3n) is 4.96. The number of carbonyl (C=O) groups excluding carboxylic acids is 1. The van der Waals surface area contributed by atoms with Gasteiger partial charge in [0.1, 0.15) is 17.3 Å². The lowest BCUT2D eigenvalue weighted by atomic mass is 9.97. The first kappa shape index (κ1) is 19.2. The van der Waals surface area contributed by atoms with Gasteiger partial charge in [0.2, 0.25) is 0 Å². The van der Waals surface area contributed by atoms with Crippen molar-refractivity contribution in [3.63, 3.8) is 0 Å². The van der Waals surface area contributed by atoms with E-state index in [1.807, 2.05) is 6.92 Å². The van der Waals surface area contributed by atoms with E-state index in [9.17, 15) is 9.18 Å². The molecule has 1 unspecified atom stereocenters. The lowest BCUT2D eigenvalue weighted by Gasteiger charge is -2.19. The van der Waals surface area contributed by atoms with Crippen LogP contribution in [0.4, 0.5) is 10.2 Å². The average molecular weight is 371 g/mol. The van der Waals surface area contributed by atoms with Crippen molar-refractivity contribution in [2.24, 2.45) is 0 Å². The second kappa shape index (κ2) is 8.90. The summed E-state index contributed by atoms with van der Waals surface area (Å²) in [7, 11) is 1.56. The second-order valence-electron chi connectivity index (χ2n) is 6.82. The van der Waals surface area contributed by atoms with Gasteiger partial charge in [0.25, 0.3) is 5.91 Å². The Kier molecular flexibility index (Phi) is 6.34. The van der Waals surface area contributed by atoms with Gasteiger partial charge in [-0.25, -0.2) is 14.4 Å². The highest BCUT2D eigenvalue weighted by Crippen LogP contribution is 2.27. The van der Waals surface area contributed by atoms with Gasteiger partial charge >= 0.3 is 0 Å². The van der Waals surface area contributed by atoms with Gasteiger partial charge in [-0.3, -0.25) is 4.79 Å². The van der Waals surface area contributed by atoms with Crippen molar-refractivity contribution in [2.45, 2.75) is 25.7 Å². The van der Waals surface area contributed by atoms with E-state index in [1.54, 1.807) is 19.2 Å². The third kappa shape index (κ3) is 4.80. The molecule has 1 atom stereocenters. The van der Waals surface area contributed by atoms with Gasteiger partial charge in [-0.1, -0.05) is 19.1 Å². The minimum absolute atomic E-state index is 0.128. The monoisotopic (exact) mass is 371 g/mol. The van der Waals surface area contributed by atoms with Gasteiger partial charge in [-0.15, -0.1) is 0 Å². The van der Waals surface area contributed by atoms with Crippen molar-refractivity contribution in [1.82, 2.24) is 20.2 Å². The maximum atomic E-state index is 13.3. The van der Waals surface area contributed by atoms with Crippen LogP contribution in [-0.2, 0) is 0 Å². The number of nitrogens with one attached hydrogen (secondary N) is 2. The van der Waals surface area contributed by atoms with Crippen LogP contribution in [0.5, 0.6) is 0 Å². The summed E-state index contributed by atoms with van der Waals surface area (Å²) in [5.74, 6) is -0.0190. The van der Waals surface area contributed by atoms with Crippen molar-refractivity contribution in [2.75, 3.05) is 38.5 Å². The van der Waals surface area contributed by atoms with Crippen molar-refractivity contribution in [3.05, 3.63) is 53.2 Å². The molecule has 7 heteroatoms. The lowest BCUT2D eigenvalue weighted by molar-refractivity contribution is 0.0957. The van der Waals surface area contributed by atoms with Crippen molar-refractivity contribution >= 4 is 11.7 Å². The number of rotatable bonds is 7. The summed E-state index contributed by atoms with van der Waals surface area (Å²) < 4.78 is 13.3. The maximum Gasteiger partial charge on any atom is 0.271 e. The van der Waals surface area contributed by atoms with E-state index in [0.717, 1.165) is 31.7 Å². The molecule has 0 radical (unpaired) electrons. The standard InChI is InChI=1S/C20H26FN5O/c1-14(15-5-7-16(21)8-6-15)18-19(23-9-12-26-10-3-4-11-26)24-13-17(25-18)20(27)22-2/h5-8,13-14H,3-4,9-12H2,1-2H3,(H,22,27)(H,23,24). The van der Waals surface area contributed by atoms with Gasteiger partial charge in [0.05, 0.1) is 11.9 Å². The summed E-state index contributed by atoms with van der Waals surface area (Å²) in [5, 5.41) is 5.94. The van der Waals surface area contributed by atoms with Gasteiger partial charge in [0.15, 0.2) is 0 Å². The molecule has 1 saturated heterocycles. The highest BCUT2D eigenvalue weighted by Gasteiger charge is 2.19. The van der Waals surface area contributed by atoms with Crippen molar-refractivity contribution in [3.8, 4) is 0 Å². The molecule has 1 aliphatic heterocycles. The number of amides is 1. The fourth-order valence-electron chi connectivity index (χ4n) is 3.33. The summed E-state index contributed by atoms with van der Waals surface area (Å²) in [6.45, 7) is 5.97. The topological polar surface area (TPSA) is 70.2 Å². The molecular weight excluding hydrogens is 345 g/mol. The smallest absolute Gasteiger partial charge is 0.271 e. The zero-order valence-electron chi connectivity index (χ0n) is 15.8. The van der Waals surface area contributed by atoms with Gasteiger partial charge in [-0.2, -0.15) is 0 Å². The summed E-state index contributed by atoms with van der Waals surface area (Å²) in [6.07, 6.45) is 4.00. The van der Waals surface area contributed by atoms with E-state index < -0.39 is 0 Å². The number of hydrogen-bond acceptors (Lipinski definition) is 5. The minimum Gasteiger partial charge on any atom is -0.367 e. The fourth-order valence-corrected chi connectivity index (χ4v) is 3.33. The molecule has 3 rings (SSSR count). The molecule has 0 saturated carbocycles. The highest BCUT2D eigenvalue weighted by atomic mass is 19.1. The largest absolute Gasteiger partial charge is 0.367 e. The van der Waals surface area contributed by atoms with E-state index in [4.69, 9.17) is 0 Å². The fraction of sp³-hybridized carbons (Fsp3) is 0.450. The van der Waals surface area contributed by atoms with Gasteiger partial charge in [0, 0.05) is 26.1 Å². The molecule has 2 N–H and O–H groups in total. The first-order chi connectivity index (χ1) is 13.1. The summed E-state index contributed by atoms with van der Waals surface area (Å²) in [4.78, 5) is 23.4. The Morgan fingerprint density at radius 3 is 2.63 bits per heavy atom. The average Bonchev–Trinajstić information content (AvgIpc) is 3.21. The number of anilines is 1. The second-order valence-corrected chi connectivity index (χ2v) is 6.82. The van der Waals surface area contributed by atoms with Crippen LogP contribution in [0, 0.1) is 5.82 Å². The lowest BCUT2D eigenvalue weighted by Crippen LogP contribution is -2.27. The van der Waals surface area contributed by atoms with Crippen LogP contribution in [0.3, 0.4) is 0 Å². The molecule has 144 valence electrons. The molecule has 1 aliphatic rings. The molecule has 0 spiro atoms. The van der Waals surface area contributed by atoms with E-state index in [0.29, 0.717) is 11.5 Å². The summed E-state index contributed by atoms with van der Waals surface area (Å²) >= 11 is 0. The van der Waals surface area contributed by atoms with E-state index >= 15 is 0 Å². The van der Waals surface area contributed by atoms with E-state index in [2.05, 4.69) is 25.5 Å². The molecule has 1 amide bonds.